The zero-order valence-corrected chi connectivity index (χ0v) is 22.4. The Bertz CT molecular complexity index is 1550. The maximum Gasteiger partial charge on any atom is 0.278 e. The van der Waals surface area contributed by atoms with E-state index in [1.807, 2.05) is 31.2 Å². The summed E-state index contributed by atoms with van der Waals surface area (Å²) in [6.07, 6.45) is 6.23. The largest absolute Gasteiger partial charge is 0.394 e. The van der Waals surface area contributed by atoms with Gasteiger partial charge in [0.05, 0.1) is 29.6 Å². The molecule has 39 heavy (non-hydrogen) atoms. The van der Waals surface area contributed by atoms with Crippen LogP contribution in [0.2, 0.25) is 5.02 Å². The van der Waals surface area contributed by atoms with Gasteiger partial charge in [-0.2, -0.15) is 5.10 Å². The molecule has 4 aromatic rings. The van der Waals surface area contributed by atoms with Crippen molar-refractivity contribution in [3.63, 3.8) is 0 Å². The van der Waals surface area contributed by atoms with E-state index in [4.69, 9.17) is 16.3 Å². The van der Waals surface area contributed by atoms with E-state index in [0.29, 0.717) is 35.4 Å². The molecule has 5 rings (SSSR count). The number of halogens is 1. The lowest BCUT2D eigenvalue weighted by atomic mass is 10.0. The van der Waals surface area contributed by atoms with E-state index >= 15 is 0 Å². The Balaban J connectivity index is 1.39. The number of aliphatic hydroxyl groups is 1. The highest BCUT2D eigenvalue weighted by atomic mass is 35.5. The topological polar surface area (TPSA) is 136 Å². The van der Waals surface area contributed by atoms with Crippen molar-refractivity contribution in [3.8, 4) is 11.3 Å². The summed E-state index contributed by atoms with van der Waals surface area (Å²) in [7, 11) is 0. The molecule has 0 bridgehead atoms. The normalized spacial score (nSPS) is 15.7. The van der Waals surface area contributed by atoms with E-state index < -0.39 is 23.6 Å². The van der Waals surface area contributed by atoms with Gasteiger partial charge < -0.3 is 20.5 Å². The molecule has 3 N–H and O–H groups in total. The van der Waals surface area contributed by atoms with Crippen LogP contribution in [0.5, 0.6) is 0 Å². The molecular weight excluding hydrogens is 522 g/mol. The van der Waals surface area contributed by atoms with Crippen molar-refractivity contribution in [1.29, 1.82) is 0 Å². The van der Waals surface area contributed by atoms with Gasteiger partial charge in [-0.15, -0.1) is 0 Å². The number of nitrogens with zero attached hydrogens (tertiary/aromatic N) is 5. The van der Waals surface area contributed by atoms with Gasteiger partial charge in [-0.3, -0.25) is 14.2 Å². The summed E-state index contributed by atoms with van der Waals surface area (Å²) >= 11 is 6.43. The Morgan fingerprint density at radius 3 is 2.82 bits per heavy atom. The summed E-state index contributed by atoms with van der Waals surface area (Å²) in [4.78, 5) is 35.3. The van der Waals surface area contributed by atoms with Crippen molar-refractivity contribution in [2.24, 2.45) is 0 Å². The molecule has 0 saturated carbocycles. The highest BCUT2D eigenvalue weighted by molar-refractivity contribution is 6.32. The fraction of sp³-hybridized carbons (Fsp3) is 0.370. The molecule has 0 spiro atoms. The van der Waals surface area contributed by atoms with E-state index in [1.165, 1.54) is 21.6 Å². The second-order valence-corrected chi connectivity index (χ2v) is 10.1. The van der Waals surface area contributed by atoms with Gasteiger partial charge in [0, 0.05) is 31.0 Å². The van der Waals surface area contributed by atoms with Crippen molar-refractivity contribution >= 4 is 29.0 Å². The molecule has 1 aliphatic rings. The molecule has 204 valence electrons. The minimum atomic E-state index is -0.870. The quantitative estimate of drug-likeness (QED) is 0.304. The molecule has 0 aliphatic carbocycles. The second-order valence-electron chi connectivity index (χ2n) is 9.66. The van der Waals surface area contributed by atoms with Crippen molar-refractivity contribution in [2.45, 2.75) is 44.8 Å². The van der Waals surface area contributed by atoms with E-state index in [-0.39, 0.29) is 18.2 Å². The Kier molecular flexibility index (Phi) is 7.92. The predicted molar refractivity (Wildman–Crippen MR) is 147 cm³/mol. The van der Waals surface area contributed by atoms with Gasteiger partial charge in [-0.25, -0.2) is 14.5 Å². The van der Waals surface area contributed by atoms with Crippen molar-refractivity contribution in [3.05, 3.63) is 75.6 Å². The van der Waals surface area contributed by atoms with Gasteiger partial charge in [-0.05, 0) is 38.3 Å². The third-order valence-corrected chi connectivity index (χ3v) is 7.14. The lowest BCUT2D eigenvalue weighted by molar-refractivity contribution is -0.125. The summed E-state index contributed by atoms with van der Waals surface area (Å²) in [5.41, 5.74) is 2.71. The van der Waals surface area contributed by atoms with Crippen molar-refractivity contribution in [2.75, 3.05) is 25.1 Å². The fourth-order valence-electron chi connectivity index (χ4n) is 4.61. The molecule has 0 radical (unpaired) electrons. The van der Waals surface area contributed by atoms with Gasteiger partial charge in [0.2, 0.25) is 11.9 Å². The molecule has 1 aliphatic heterocycles. The smallest absolute Gasteiger partial charge is 0.278 e. The molecule has 4 heterocycles. The highest BCUT2D eigenvalue weighted by Crippen LogP contribution is 2.28. The molecule has 2 atom stereocenters. The number of carbonyl (C=O) groups is 1. The van der Waals surface area contributed by atoms with Crippen LogP contribution in [-0.2, 0) is 9.53 Å². The van der Waals surface area contributed by atoms with Crippen molar-refractivity contribution < 1.29 is 14.6 Å². The van der Waals surface area contributed by atoms with Crippen LogP contribution in [0.1, 0.15) is 43.0 Å². The van der Waals surface area contributed by atoms with E-state index in [9.17, 15) is 14.7 Å². The van der Waals surface area contributed by atoms with Crippen LogP contribution in [0.3, 0.4) is 0 Å². The number of hydrogen-bond donors (Lipinski definition) is 3. The average Bonchev–Trinajstić information content (AvgIpc) is 3.38. The van der Waals surface area contributed by atoms with Crippen LogP contribution in [-0.4, -0.2) is 61.0 Å². The maximum absolute atomic E-state index is 13.4. The summed E-state index contributed by atoms with van der Waals surface area (Å²) < 4.78 is 8.10. The molecule has 1 unspecified atom stereocenters. The van der Waals surface area contributed by atoms with Gasteiger partial charge in [-0.1, -0.05) is 41.4 Å². The number of aliphatic hydroxyl groups excluding tert-OH is 1. The van der Waals surface area contributed by atoms with Crippen LogP contribution in [0.15, 0.2) is 53.8 Å². The number of benzene rings is 1. The molecule has 1 saturated heterocycles. The molecule has 1 aromatic carbocycles. The number of ether oxygens (including phenoxy) is 1. The summed E-state index contributed by atoms with van der Waals surface area (Å²) in [6, 6.07) is 7.92. The number of anilines is 1. The Labute approximate surface area is 229 Å². The van der Waals surface area contributed by atoms with E-state index in [0.717, 1.165) is 24.0 Å². The number of carbonyl (C=O) groups excluding carboxylic acids is 1. The maximum atomic E-state index is 13.4. The minimum absolute atomic E-state index is 0.207. The van der Waals surface area contributed by atoms with Gasteiger partial charge in [0.15, 0.2) is 0 Å². The number of amides is 1. The fourth-order valence-corrected chi connectivity index (χ4v) is 4.81. The van der Waals surface area contributed by atoms with Gasteiger partial charge >= 0.3 is 0 Å². The third-order valence-electron chi connectivity index (χ3n) is 6.87. The first kappa shape index (κ1) is 26.8. The van der Waals surface area contributed by atoms with Crippen LogP contribution < -0.4 is 16.2 Å². The molecule has 12 heteroatoms. The number of fused-ring (bicyclic) bond motifs is 1. The molecule has 1 fully saturated rings. The lowest BCUT2D eigenvalue weighted by Crippen LogP contribution is -2.39. The first-order chi connectivity index (χ1) is 18.8. The van der Waals surface area contributed by atoms with Gasteiger partial charge in [0.1, 0.15) is 17.9 Å². The third kappa shape index (κ3) is 5.80. The highest BCUT2D eigenvalue weighted by Gasteiger charge is 2.23. The second kappa shape index (κ2) is 11.5. The zero-order chi connectivity index (χ0) is 27.5. The van der Waals surface area contributed by atoms with Crippen LogP contribution in [0.25, 0.3) is 16.8 Å². The molecule has 1 amide bonds. The van der Waals surface area contributed by atoms with Crippen LogP contribution in [0, 0.1) is 6.92 Å². The standard InChI is InChI=1S/C27H30ClN7O4/c1-16-4-3-5-18(10-16)22(14-36)32-25(37)17(2)34-15-30-35-13-19(11-23(35)26(34)38)24-21(28)12-29-27(33-24)31-20-6-8-39-9-7-20/h3-5,10-13,15,17,20,22,36H,6-9,14H2,1-2H3,(H,32,37)(H,29,31,33)/t17?,22-/m1/s1. The lowest BCUT2D eigenvalue weighted by Gasteiger charge is -2.23. The van der Waals surface area contributed by atoms with Crippen LogP contribution >= 0.6 is 11.6 Å². The number of nitrogens with one attached hydrogen (secondary N) is 2. The molecule has 3 aromatic heterocycles. The summed E-state index contributed by atoms with van der Waals surface area (Å²) in [6.45, 7) is 4.64. The number of rotatable bonds is 8. The van der Waals surface area contributed by atoms with Gasteiger partial charge in [0.25, 0.3) is 5.56 Å². The predicted octanol–water partition coefficient (Wildman–Crippen LogP) is 2.92. The number of hydrogen-bond acceptors (Lipinski definition) is 8. The summed E-state index contributed by atoms with van der Waals surface area (Å²) in [5, 5.41) is 20.7. The average molecular weight is 552 g/mol. The van der Waals surface area contributed by atoms with Crippen LogP contribution in [0.4, 0.5) is 5.95 Å². The molecular formula is C27H30ClN7O4. The SMILES string of the molecule is Cc1cccc([C@@H](CO)NC(=O)C(C)n2cnn3cc(-c4nc(NC5CCOCC5)ncc4Cl)cc3c2=O)c1. The van der Waals surface area contributed by atoms with E-state index in [2.05, 4.69) is 25.7 Å². The first-order valence-corrected chi connectivity index (χ1v) is 13.2. The number of aromatic nitrogens is 5. The number of aryl methyl sites for hydroxylation is 1. The first-order valence-electron chi connectivity index (χ1n) is 12.8. The van der Waals surface area contributed by atoms with Crippen molar-refractivity contribution in [1.82, 2.24) is 29.5 Å². The zero-order valence-electron chi connectivity index (χ0n) is 21.7. The summed E-state index contributed by atoms with van der Waals surface area (Å²) in [5.74, 6) is 0.0255. The minimum Gasteiger partial charge on any atom is -0.394 e. The monoisotopic (exact) mass is 551 g/mol. The Hall–Kier alpha value is -3.80. The van der Waals surface area contributed by atoms with E-state index in [1.54, 1.807) is 19.2 Å². The Morgan fingerprint density at radius 2 is 2.08 bits per heavy atom. The Morgan fingerprint density at radius 1 is 1.28 bits per heavy atom. The molecule has 11 nitrogen and oxygen atoms in total.